The van der Waals surface area contributed by atoms with Crippen LogP contribution < -0.4 is 9.47 Å². The molecule has 0 N–H and O–H groups in total. The SMILES string of the molecule is COc1cc2c(cc1OC)[C@H]1CCCC[C@H]1[N+]([O-])=C2c1ccc(S(C)(=O)=O)cc1. The van der Waals surface area contributed by atoms with Crippen molar-refractivity contribution < 1.29 is 22.6 Å². The maximum absolute atomic E-state index is 13.4. The average molecular weight is 416 g/mol. The number of methoxy groups -OCH3 is 2. The summed E-state index contributed by atoms with van der Waals surface area (Å²) in [6.45, 7) is 0. The van der Waals surface area contributed by atoms with E-state index >= 15 is 0 Å². The highest BCUT2D eigenvalue weighted by molar-refractivity contribution is 7.90. The van der Waals surface area contributed by atoms with E-state index < -0.39 is 9.84 Å². The lowest BCUT2D eigenvalue weighted by Gasteiger charge is -2.36. The number of nitrogens with zero attached hydrogens (tertiary/aromatic N) is 1. The molecule has 1 heterocycles. The predicted octanol–water partition coefficient (Wildman–Crippen LogP) is 3.49. The van der Waals surface area contributed by atoms with Gasteiger partial charge in [0.1, 0.15) is 0 Å². The van der Waals surface area contributed by atoms with E-state index in [9.17, 15) is 13.6 Å². The van der Waals surface area contributed by atoms with Crippen molar-refractivity contribution in [2.45, 2.75) is 42.5 Å². The Labute approximate surface area is 171 Å². The van der Waals surface area contributed by atoms with Gasteiger partial charge in [-0.1, -0.05) is 6.42 Å². The quantitative estimate of drug-likeness (QED) is 0.564. The lowest BCUT2D eigenvalue weighted by Crippen LogP contribution is -2.41. The second-order valence-electron chi connectivity index (χ2n) is 7.72. The van der Waals surface area contributed by atoms with Gasteiger partial charge in [-0.25, -0.2) is 13.2 Å². The number of hydrogen-bond acceptors (Lipinski definition) is 5. The van der Waals surface area contributed by atoms with E-state index in [0.29, 0.717) is 22.8 Å². The summed E-state index contributed by atoms with van der Waals surface area (Å²) in [5.74, 6) is 1.37. The molecule has 0 aromatic heterocycles. The van der Waals surface area contributed by atoms with Crippen molar-refractivity contribution in [1.82, 2.24) is 0 Å². The standard InChI is InChI=1S/C22H25NO5S/c1-27-20-12-17-16-6-4-5-7-19(16)23(24)22(18(17)13-21(20)28-2)14-8-10-15(11-9-14)29(3,25)26/h8-13,16,19H,4-7H2,1-3H3/t16-,19-/m1/s1. The number of benzene rings is 2. The molecule has 0 radical (unpaired) electrons. The Bertz CT molecular complexity index is 1070. The summed E-state index contributed by atoms with van der Waals surface area (Å²) >= 11 is 0. The smallest absolute Gasteiger partial charge is 0.226 e. The Hall–Kier alpha value is -2.54. The first kappa shape index (κ1) is 19.8. The van der Waals surface area contributed by atoms with Gasteiger partial charge >= 0.3 is 0 Å². The highest BCUT2D eigenvalue weighted by Crippen LogP contribution is 2.44. The topological polar surface area (TPSA) is 78.7 Å². The Kier molecular flexibility index (Phi) is 5.02. The first-order chi connectivity index (χ1) is 13.8. The van der Waals surface area contributed by atoms with Gasteiger partial charge in [-0.3, -0.25) is 0 Å². The van der Waals surface area contributed by atoms with E-state index in [1.54, 1.807) is 38.5 Å². The van der Waals surface area contributed by atoms with Crippen LogP contribution in [-0.2, 0) is 9.84 Å². The molecular weight excluding hydrogens is 390 g/mol. The van der Waals surface area contributed by atoms with Crippen LogP contribution in [0.5, 0.6) is 11.5 Å². The number of sulfone groups is 1. The number of hydroxylamine groups is 1. The predicted molar refractivity (Wildman–Crippen MR) is 111 cm³/mol. The minimum Gasteiger partial charge on any atom is -0.623 e. The van der Waals surface area contributed by atoms with E-state index in [4.69, 9.17) is 9.47 Å². The molecule has 154 valence electrons. The largest absolute Gasteiger partial charge is 0.623 e. The molecule has 0 bridgehead atoms. The zero-order valence-corrected chi connectivity index (χ0v) is 17.7. The van der Waals surface area contributed by atoms with Crippen LogP contribution in [0.3, 0.4) is 0 Å². The molecule has 0 saturated heterocycles. The Morgan fingerprint density at radius 1 is 1.00 bits per heavy atom. The summed E-state index contributed by atoms with van der Waals surface area (Å²) in [6.07, 6.45) is 5.11. The van der Waals surface area contributed by atoms with Gasteiger partial charge in [-0.2, -0.15) is 0 Å². The van der Waals surface area contributed by atoms with Gasteiger partial charge in [0.25, 0.3) is 0 Å². The van der Waals surface area contributed by atoms with Crippen LogP contribution in [-0.4, -0.2) is 45.4 Å². The lowest BCUT2D eigenvalue weighted by atomic mass is 9.74. The van der Waals surface area contributed by atoms with Crippen LogP contribution in [0.25, 0.3) is 0 Å². The van der Waals surface area contributed by atoms with Gasteiger partial charge in [0.05, 0.1) is 24.7 Å². The third kappa shape index (κ3) is 3.37. The van der Waals surface area contributed by atoms with Crippen molar-refractivity contribution >= 4 is 15.5 Å². The highest BCUT2D eigenvalue weighted by Gasteiger charge is 2.42. The van der Waals surface area contributed by atoms with E-state index in [0.717, 1.165) is 41.5 Å². The zero-order valence-electron chi connectivity index (χ0n) is 16.8. The molecule has 1 saturated carbocycles. The van der Waals surface area contributed by atoms with E-state index in [1.807, 2.05) is 12.1 Å². The molecule has 2 aromatic carbocycles. The van der Waals surface area contributed by atoms with Gasteiger partial charge in [-0.15, -0.1) is 0 Å². The molecule has 4 rings (SSSR count). The van der Waals surface area contributed by atoms with E-state index in [-0.39, 0.29) is 16.9 Å². The van der Waals surface area contributed by atoms with Crippen LogP contribution in [0.2, 0.25) is 0 Å². The van der Waals surface area contributed by atoms with Crippen LogP contribution in [0.1, 0.15) is 48.3 Å². The van der Waals surface area contributed by atoms with Crippen molar-refractivity contribution in [3.8, 4) is 11.5 Å². The average Bonchev–Trinajstić information content (AvgIpc) is 2.73. The maximum Gasteiger partial charge on any atom is 0.226 e. The number of fused-ring (bicyclic) bond motifs is 3. The van der Waals surface area contributed by atoms with Gasteiger partial charge in [-0.05, 0) is 54.8 Å². The molecule has 6 nitrogen and oxygen atoms in total. The molecule has 1 fully saturated rings. The van der Waals surface area contributed by atoms with Crippen molar-refractivity contribution in [2.75, 3.05) is 20.5 Å². The minimum atomic E-state index is -3.30. The molecule has 2 aromatic rings. The summed E-state index contributed by atoms with van der Waals surface area (Å²) < 4.78 is 35.8. The van der Waals surface area contributed by atoms with Gasteiger partial charge in [0, 0.05) is 24.2 Å². The highest BCUT2D eigenvalue weighted by atomic mass is 32.2. The number of rotatable bonds is 4. The normalized spacial score (nSPS) is 21.3. The number of ether oxygens (including phenoxy) is 2. The molecule has 0 spiro atoms. The fraction of sp³-hybridized carbons (Fsp3) is 0.409. The van der Waals surface area contributed by atoms with E-state index in [1.165, 1.54) is 6.26 Å². The van der Waals surface area contributed by atoms with E-state index in [2.05, 4.69) is 0 Å². The first-order valence-electron chi connectivity index (χ1n) is 9.75. The molecule has 1 aliphatic carbocycles. The maximum atomic E-state index is 13.4. The van der Waals surface area contributed by atoms with Crippen molar-refractivity contribution in [3.63, 3.8) is 0 Å². The summed E-state index contributed by atoms with van der Waals surface area (Å²) in [5.41, 5.74) is 3.18. The molecule has 7 heteroatoms. The molecule has 0 unspecified atom stereocenters. The van der Waals surface area contributed by atoms with Crippen molar-refractivity contribution in [3.05, 3.63) is 58.3 Å². The fourth-order valence-electron chi connectivity index (χ4n) is 4.59. The van der Waals surface area contributed by atoms with Crippen LogP contribution in [0, 0.1) is 5.21 Å². The van der Waals surface area contributed by atoms with Gasteiger partial charge in [0.15, 0.2) is 27.4 Å². The van der Waals surface area contributed by atoms with Crippen LogP contribution >= 0.6 is 0 Å². The second-order valence-corrected chi connectivity index (χ2v) is 9.74. The fourth-order valence-corrected chi connectivity index (χ4v) is 5.22. The van der Waals surface area contributed by atoms with Crippen LogP contribution in [0.4, 0.5) is 0 Å². The molecule has 2 atom stereocenters. The third-order valence-corrected chi connectivity index (χ3v) is 7.15. The van der Waals surface area contributed by atoms with Crippen molar-refractivity contribution in [2.24, 2.45) is 0 Å². The Morgan fingerprint density at radius 2 is 1.62 bits per heavy atom. The summed E-state index contributed by atoms with van der Waals surface area (Å²) in [4.78, 5) is 0.234. The van der Waals surface area contributed by atoms with Crippen LogP contribution in [0.15, 0.2) is 41.3 Å². The summed E-state index contributed by atoms with van der Waals surface area (Å²) in [7, 11) is -0.114. The molecular formula is C22H25NO5S. The molecule has 0 amide bonds. The van der Waals surface area contributed by atoms with Crippen molar-refractivity contribution in [1.29, 1.82) is 0 Å². The third-order valence-electron chi connectivity index (χ3n) is 6.02. The lowest BCUT2D eigenvalue weighted by molar-refractivity contribution is -0.510. The Balaban J connectivity index is 1.93. The zero-order chi connectivity index (χ0) is 20.8. The minimum absolute atomic E-state index is 0.126. The Morgan fingerprint density at radius 3 is 2.24 bits per heavy atom. The molecule has 2 aliphatic rings. The molecule has 29 heavy (non-hydrogen) atoms. The summed E-state index contributed by atoms with van der Waals surface area (Å²) in [5, 5.41) is 13.4. The number of hydrogen-bond donors (Lipinski definition) is 0. The van der Waals surface area contributed by atoms with Gasteiger partial charge in [0.2, 0.25) is 5.71 Å². The first-order valence-corrected chi connectivity index (χ1v) is 11.6. The monoisotopic (exact) mass is 415 g/mol. The van der Waals surface area contributed by atoms with Gasteiger partial charge < -0.3 is 14.7 Å². The second kappa shape index (κ2) is 7.37. The summed E-state index contributed by atoms with van der Waals surface area (Å²) in [6, 6.07) is 10.3. The molecule has 1 aliphatic heterocycles.